The maximum Gasteiger partial charge on any atom is 0.191 e. The van der Waals surface area contributed by atoms with Gasteiger partial charge in [0.15, 0.2) is 15.8 Å². The third-order valence-corrected chi connectivity index (χ3v) is 6.50. The first-order chi connectivity index (χ1) is 11.8. The number of nitrogens with zero attached hydrogens (tertiary/aromatic N) is 3. The van der Waals surface area contributed by atoms with Gasteiger partial charge in [0.1, 0.15) is 5.82 Å². The fraction of sp³-hybridized carbons (Fsp3) is 0.562. The molecule has 3 N–H and O–H groups in total. The molecule has 0 bridgehead atoms. The van der Waals surface area contributed by atoms with Crippen molar-refractivity contribution in [2.75, 3.05) is 49.1 Å². The Hall–Kier alpha value is -1.87. The molecule has 0 amide bonds. The molecule has 2 fully saturated rings. The number of hydrogen-bond donors (Lipinski definition) is 2. The molecule has 0 radical (unpaired) electrons. The highest BCUT2D eigenvalue weighted by atomic mass is 32.2. The number of nitrogens with two attached hydrogens (primary N) is 1. The predicted molar refractivity (Wildman–Crippen MR) is 94.9 cm³/mol. The van der Waals surface area contributed by atoms with Crippen molar-refractivity contribution in [3.8, 4) is 0 Å². The lowest BCUT2D eigenvalue weighted by Gasteiger charge is -2.36. The van der Waals surface area contributed by atoms with Crippen LogP contribution in [0.15, 0.2) is 29.3 Å². The van der Waals surface area contributed by atoms with E-state index in [-0.39, 0.29) is 30.3 Å². The van der Waals surface area contributed by atoms with Crippen LogP contribution in [-0.4, -0.2) is 74.2 Å². The van der Waals surface area contributed by atoms with Crippen molar-refractivity contribution < 1.29 is 17.9 Å². The number of anilines is 1. The Balaban J connectivity index is 1.54. The Morgan fingerprint density at radius 1 is 1.24 bits per heavy atom. The maximum atomic E-state index is 13.0. The van der Waals surface area contributed by atoms with Gasteiger partial charge in [0.2, 0.25) is 0 Å². The monoisotopic (exact) mass is 370 g/mol. The lowest BCUT2D eigenvalue weighted by atomic mass is 10.1. The normalized spacial score (nSPS) is 26.9. The van der Waals surface area contributed by atoms with Gasteiger partial charge in [-0.15, -0.1) is 0 Å². The largest absolute Gasteiger partial charge is 0.387 e. The predicted octanol–water partition coefficient (Wildman–Crippen LogP) is -0.188. The van der Waals surface area contributed by atoms with Gasteiger partial charge in [0.05, 0.1) is 23.7 Å². The van der Waals surface area contributed by atoms with Crippen LogP contribution in [0.1, 0.15) is 6.42 Å². The van der Waals surface area contributed by atoms with Gasteiger partial charge in [-0.1, -0.05) is 0 Å². The summed E-state index contributed by atoms with van der Waals surface area (Å²) < 4.78 is 36.0. The van der Waals surface area contributed by atoms with Gasteiger partial charge in [-0.3, -0.25) is 4.99 Å². The van der Waals surface area contributed by atoms with Gasteiger partial charge < -0.3 is 20.6 Å². The topological polar surface area (TPSA) is 99.2 Å². The Morgan fingerprint density at radius 2 is 1.88 bits per heavy atom. The first kappa shape index (κ1) is 17.9. The molecule has 2 aliphatic rings. The second kappa shape index (κ2) is 6.80. The van der Waals surface area contributed by atoms with Crippen LogP contribution in [0.5, 0.6) is 0 Å². The molecule has 2 saturated heterocycles. The van der Waals surface area contributed by atoms with Crippen LogP contribution >= 0.6 is 0 Å². The molecule has 7 nitrogen and oxygen atoms in total. The fourth-order valence-corrected chi connectivity index (χ4v) is 5.09. The summed E-state index contributed by atoms with van der Waals surface area (Å²) in [4.78, 5) is 8.26. The van der Waals surface area contributed by atoms with Gasteiger partial charge in [-0.2, -0.15) is 0 Å². The molecule has 25 heavy (non-hydrogen) atoms. The number of rotatable bonds is 3. The summed E-state index contributed by atoms with van der Waals surface area (Å²) >= 11 is 0. The smallest absolute Gasteiger partial charge is 0.191 e. The van der Waals surface area contributed by atoms with Crippen LogP contribution in [0.2, 0.25) is 0 Å². The number of hydrogen-bond acceptors (Lipinski definition) is 5. The SMILES string of the molecule is NC(=NCC1(O)CCS(=O)(=O)C1)N1CCN(c2ccc(F)cc2)CC1. The molecule has 0 saturated carbocycles. The first-order valence-electron chi connectivity index (χ1n) is 8.25. The van der Waals surface area contributed by atoms with Crippen LogP contribution in [-0.2, 0) is 9.84 Å². The van der Waals surface area contributed by atoms with E-state index in [1.54, 1.807) is 12.1 Å². The lowest BCUT2D eigenvalue weighted by molar-refractivity contribution is 0.0771. The summed E-state index contributed by atoms with van der Waals surface area (Å²) in [6.45, 7) is 2.75. The van der Waals surface area contributed by atoms with Crippen LogP contribution in [0.3, 0.4) is 0 Å². The second-order valence-electron chi connectivity index (χ2n) is 6.69. The van der Waals surface area contributed by atoms with Crippen LogP contribution in [0.4, 0.5) is 10.1 Å². The number of aliphatic imine (C=N–C) groups is 1. The number of piperazine rings is 1. The minimum Gasteiger partial charge on any atom is -0.387 e. The molecule has 2 heterocycles. The van der Waals surface area contributed by atoms with E-state index in [2.05, 4.69) is 9.89 Å². The van der Waals surface area contributed by atoms with Crippen LogP contribution in [0.25, 0.3) is 0 Å². The Labute approximate surface area is 146 Å². The number of halogens is 1. The van der Waals surface area contributed by atoms with E-state index < -0.39 is 15.4 Å². The molecular weight excluding hydrogens is 347 g/mol. The number of guanidine groups is 1. The van der Waals surface area contributed by atoms with Crippen molar-refractivity contribution >= 4 is 21.5 Å². The molecule has 1 aromatic carbocycles. The molecule has 1 unspecified atom stereocenters. The highest BCUT2D eigenvalue weighted by Crippen LogP contribution is 2.23. The minimum atomic E-state index is -3.17. The number of aliphatic hydroxyl groups is 1. The highest BCUT2D eigenvalue weighted by Gasteiger charge is 2.40. The maximum absolute atomic E-state index is 13.0. The zero-order valence-electron chi connectivity index (χ0n) is 13.9. The molecule has 1 atom stereocenters. The van der Waals surface area contributed by atoms with Crippen LogP contribution < -0.4 is 10.6 Å². The molecule has 0 spiro atoms. The van der Waals surface area contributed by atoms with E-state index in [0.29, 0.717) is 19.0 Å². The van der Waals surface area contributed by atoms with Crippen molar-refractivity contribution in [3.63, 3.8) is 0 Å². The molecule has 1 aromatic rings. The standard InChI is InChI=1S/C16H23FN4O3S/c17-13-1-3-14(4-2-13)20-6-8-21(9-7-20)15(18)19-11-16(22)5-10-25(23,24)12-16/h1-4,22H,5-12H2,(H2,18,19). The van der Waals surface area contributed by atoms with Gasteiger partial charge in [0.25, 0.3) is 0 Å². The summed E-state index contributed by atoms with van der Waals surface area (Å²) in [7, 11) is -3.17. The van der Waals surface area contributed by atoms with Crippen molar-refractivity contribution in [2.45, 2.75) is 12.0 Å². The minimum absolute atomic E-state index is 0.00373. The average molecular weight is 370 g/mol. The Morgan fingerprint density at radius 3 is 2.44 bits per heavy atom. The summed E-state index contributed by atoms with van der Waals surface area (Å²) in [5.41, 5.74) is 5.66. The van der Waals surface area contributed by atoms with E-state index in [9.17, 15) is 17.9 Å². The third-order valence-electron chi connectivity index (χ3n) is 4.70. The van der Waals surface area contributed by atoms with E-state index >= 15 is 0 Å². The quantitative estimate of drug-likeness (QED) is 0.565. The van der Waals surface area contributed by atoms with E-state index in [0.717, 1.165) is 18.8 Å². The number of sulfone groups is 1. The van der Waals surface area contributed by atoms with Gasteiger partial charge in [-0.05, 0) is 30.7 Å². The fourth-order valence-electron chi connectivity index (χ4n) is 3.20. The van der Waals surface area contributed by atoms with E-state index in [4.69, 9.17) is 5.73 Å². The van der Waals surface area contributed by atoms with Crippen molar-refractivity contribution in [1.29, 1.82) is 0 Å². The molecule has 9 heteroatoms. The van der Waals surface area contributed by atoms with E-state index in [1.165, 1.54) is 12.1 Å². The van der Waals surface area contributed by atoms with Crippen molar-refractivity contribution in [2.24, 2.45) is 10.7 Å². The molecule has 3 rings (SSSR count). The average Bonchev–Trinajstić information content (AvgIpc) is 2.87. The van der Waals surface area contributed by atoms with Crippen molar-refractivity contribution in [3.05, 3.63) is 30.1 Å². The zero-order valence-corrected chi connectivity index (χ0v) is 14.8. The van der Waals surface area contributed by atoms with Gasteiger partial charge in [-0.25, -0.2) is 12.8 Å². The van der Waals surface area contributed by atoms with Gasteiger partial charge >= 0.3 is 0 Å². The Kier molecular flexibility index (Phi) is 4.88. The highest BCUT2D eigenvalue weighted by molar-refractivity contribution is 7.91. The Bertz CT molecular complexity index is 745. The van der Waals surface area contributed by atoms with Gasteiger partial charge in [0, 0.05) is 31.9 Å². The second-order valence-corrected chi connectivity index (χ2v) is 8.88. The molecule has 138 valence electrons. The summed E-state index contributed by atoms with van der Waals surface area (Å²) in [5.74, 6) is -0.202. The summed E-state index contributed by atoms with van der Waals surface area (Å²) in [6.07, 6.45) is 0.199. The molecule has 0 aliphatic carbocycles. The zero-order chi connectivity index (χ0) is 18.1. The summed E-state index contributed by atoms with van der Waals surface area (Å²) in [5, 5.41) is 10.3. The van der Waals surface area contributed by atoms with E-state index in [1.807, 2.05) is 4.90 Å². The summed E-state index contributed by atoms with van der Waals surface area (Å²) in [6, 6.07) is 6.37. The molecule has 2 aliphatic heterocycles. The van der Waals surface area contributed by atoms with Crippen molar-refractivity contribution in [1.82, 2.24) is 4.90 Å². The first-order valence-corrected chi connectivity index (χ1v) is 10.1. The molecular formula is C16H23FN4O3S. The number of benzene rings is 1. The molecule has 0 aromatic heterocycles. The van der Waals surface area contributed by atoms with Crippen LogP contribution in [0, 0.1) is 5.82 Å². The lowest BCUT2D eigenvalue weighted by Crippen LogP contribution is -2.51. The third kappa shape index (κ3) is 4.40.